The summed E-state index contributed by atoms with van der Waals surface area (Å²) in [6.07, 6.45) is 21.1. The van der Waals surface area contributed by atoms with Crippen molar-refractivity contribution in [3.8, 4) is 0 Å². The summed E-state index contributed by atoms with van der Waals surface area (Å²) in [7, 11) is 9.00. The van der Waals surface area contributed by atoms with Crippen LogP contribution in [0.1, 0.15) is 110 Å². The van der Waals surface area contributed by atoms with Crippen LogP contribution in [0.4, 0.5) is 0 Å². The first-order valence-electron chi connectivity index (χ1n) is 21.7. The first-order valence-corrected chi connectivity index (χ1v) is 21.7. The number of benzene rings is 3. The fourth-order valence-electron chi connectivity index (χ4n) is 12.6. The van der Waals surface area contributed by atoms with E-state index in [2.05, 4.69) is 121 Å². The van der Waals surface area contributed by atoms with Crippen LogP contribution in [0.5, 0.6) is 0 Å². The van der Waals surface area contributed by atoms with Gasteiger partial charge in [-0.1, -0.05) is 92.1 Å². The topological polar surface area (TPSA) is 13.0 Å². The third-order valence-electron chi connectivity index (χ3n) is 15.4. The number of likely N-dealkylation sites (N-methyl/N-ethyl adjacent to an activating group) is 3. The molecular formula is C49H70N4. The zero-order chi connectivity index (χ0) is 36.5. The monoisotopic (exact) mass is 715 g/mol. The quantitative estimate of drug-likeness (QED) is 0.231. The second kappa shape index (κ2) is 15.6. The smallest absolute Gasteiger partial charge is 0.0135 e. The molecule has 4 aliphatic carbocycles. The van der Waals surface area contributed by atoms with Crippen molar-refractivity contribution in [2.45, 2.75) is 113 Å². The zero-order valence-corrected chi connectivity index (χ0v) is 34.0. The summed E-state index contributed by atoms with van der Waals surface area (Å²) in [6, 6.07) is 27.1. The van der Waals surface area contributed by atoms with Gasteiger partial charge in [-0.2, -0.15) is 0 Å². The van der Waals surface area contributed by atoms with Gasteiger partial charge in [0.25, 0.3) is 0 Å². The van der Waals surface area contributed by atoms with Crippen molar-refractivity contribution in [3.05, 3.63) is 106 Å². The third-order valence-corrected chi connectivity index (χ3v) is 15.4. The van der Waals surface area contributed by atoms with E-state index in [4.69, 9.17) is 0 Å². The Hall–Kier alpha value is -2.50. The number of hydrogen-bond acceptors (Lipinski definition) is 4. The van der Waals surface area contributed by atoms with Crippen LogP contribution in [-0.4, -0.2) is 100 Å². The molecule has 3 unspecified atom stereocenters. The van der Waals surface area contributed by atoms with Crippen LogP contribution >= 0.6 is 0 Å². The largest absolute Gasteiger partial charge is 0.306 e. The van der Waals surface area contributed by atoms with Gasteiger partial charge in [0.15, 0.2) is 0 Å². The lowest BCUT2D eigenvalue weighted by atomic mass is 9.63. The van der Waals surface area contributed by atoms with Crippen LogP contribution in [0, 0.1) is 5.41 Å². The van der Waals surface area contributed by atoms with Gasteiger partial charge in [-0.25, -0.2) is 0 Å². The van der Waals surface area contributed by atoms with Gasteiger partial charge >= 0.3 is 0 Å². The highest BCUT2D eigenvalue weighted by Crippen LogP contribution is 2.48. The summed E-state index contributed by atoms with van der Waals surface area (Å²) in [6.45, 7) is 10.3. The maximum Gasteiger partial charge on any atom is 0.0135 e. The number of likely N-dealkylation sites (tertiary alicyclic amines) is 4. The fourth-order valence-corrected chi connectivity index (χ4v) is 12.6. The van der Waals surface area contributed by atoms with Crippen molar-refractivity contribution in [3.63, 3.8) is 0 Å². The van der Waals surface area contributed by atoms with Crippen molar-refractivity contribution in [2.75, 3.05) is 80.5 Å². The Kier molecular flexibility index (Phi) is 11.0. The summed E-state index contributed by atoms with van der Waals surface area (Å²) in [4.78, 5) is 9.92. The van der Waals surface area contributed by atoms with E-state index in [0.29, 0.717) is 16.2 Å². The molecule has 5 fully saturated rings. The molecule has 4 saturated heterocycles. The number of nitrogens with zero attached hydrogens (tertiary/aromatic N) is 4. The molecule has 4 aliphatic heterocycles. The molecule has 286 valence electrons. The number of fused-ring (bicyclic) bond motifs is 6. The van der Waals surface area contributed by atoms with E-state index >= 15 is 0 Å². The van der Waals surface area contributed by atoms with Crippen LogP contribution in [0.3, 0.4) is 0 Å². The average molecular weight is 715 g/mol. The summed E-state index contributed by atoms with van der Waals surface area (Å²) in [5.74, 6) is 0. The van der Waals surface area contributed by atoms with E-state index in [0.717, 1.165) is 5.41 Å². The summed E-state index contributed by atoms with van der Waals surface area (Å²) < 4.78 is 0. The highest BCUT2D eigenvalue weighted by Gasteiger charge is 2.46. The van der Waals surface area contributed by atoms with Crippen LogP contribution in [0.15, 0.2) is 72.8 Å². The lowest BCUT2D eigenvalue weighted by Gasteiger charge is -2.41. The van der Waals surface area contributed by atoms with Crippen molar-refractivity contribution >= 4 is 0 Å². The first kappa shape index (κ1) is 37.4. The minimum absolute atomic E-state index is 0.504. The average Bonchev–Trinajstić information content (AvgIpc) is 4.00. The molecule has 0 aromatic heterocycles. The molecule has 4 heterocycles. The molecule has 3 aromatic carbocycles. The maximum absolute atomic E-state index is 2.51. The lowest BCUT2D eigenvalue weighted by molar-refractivity contribution is 0.195. The molecule has 0 N–H and O–H groups in total. The van der Waals surface area contributed by atoms with E-state index in [-0.39, 0.29) is 0 Å². The molecule has 3 atom stereocenters. The normalized spacial score (nSPS) is 31.2. The maximum atomic E-state index is 2.51. The van der Waals surface area contributed by atoms with Crippen LogP contribution in [0.2, 0.25) is 0 Å². The molecule has 53 heavy (non-hydrogen) atoms. The van der Waals surface area contributed by atoms with Crippen molar-refractivity contribution in [1.29, 1.82) is 0 Å². The predicted molar refractivity (Wildman–Crippen MR) is 223 cm³/mol. The Morgan fingerprint density at radius 1 is 0.377 bits per heavy atom. The standard InChI is InChI=1S/C14H19N.C13H17N.C12H15N.C10H19N/c1-15-10-9-14(11-15)8-4-6-12-5-2-3-7-13(12)14;1-14-9-8-13(10-14)7-6-11-4-2-3-5-12(11)13;1-13-7-6-12(9-13)8-10-4-2-3-5-11(10)12;1-11-8-7-10(9-11)5-3-2-4-6-10/h2-3,5,7H,4,6,8-11H2,1H3;2-5H,6-10H2,1H3;2-5H,6-9H2,1H3;2-9H2,1H3. The molecule has 4 heteroatoms. The Balaban J connectivity index is 0.000000101. The number of rotatable bonds is 0. The van der Waals surface area contributed by atoms with Crippen LogP contribution < -0.4 is 0 Å². The summed E-state index contributed by atoms with van der Waals surface area (Å²) >= 11 is 0. The Morgan fingerprint density at radius 2 is 0.830 bits per heavy atom. The second-order valence-corrected chi connectivity index (χ2v) is 19.4. The first-order chi connectivity index (χ1) is 25.7. The van der Waals surface area contributed by atoms with E-state index in [9.17, 15) is 0 Å². The molecule has 0 bridgehead atoms. The molecule has 3 aromatic rings. The summed E-state index contributed by atoms with van der Waals surface area (Å²) in [5.41, 5.74) is 12.1. The van der Waals surface area contributed by atoms with Crippen LogP contribution in [-0.2, 0) is 35.5 Å². The third kappa shape index (κ3) is 7.69. The molecule has 11 rings (SSSR count). The van der Waals surface area contributed by atoms with Crippen molar-refractivity contribution in [1.82, 2.24) is 19.6 Å². The minimum atomic E-state index is 0.504. The van der Waals surface area contributed by atoms with Gasteiger partial charge in [0.2, 0.25) is 0 Å². The van der Waals surface area contributed by atoms with Gasteiger partial charge in [0.05, 0.1) is 0 Å². The SMILES string of the molecule is CN1CCC2(CCCCC2)C1.CN1CCC2(CCCc3ccccc32)C1.CN1CCC2(CCc3ccccc32)C1.CN1CCC2(Cc3ccccc32)C1. The molecule has 4 nitrogen and oxygen atoms in total. The zero-order valence-electron chi connectivity index (χ0n) is 34.0. The lowest BCUT2D eigenvalue weighted by Crippen LogP contribution is -2.40. The highest BCUT2D eigenvalue weighted by molar-refractivity contribution is 5.46. The van der Waals surface area contributed by atoms with Gasteiger partial charge in [-0.3, -0.25) is 0 Å². The van der Waals surface area contributed by atoms with Gasteiger partial charge in [0.1, 0.15) is 0 Å². The van der Waals surface area contributed by atoms with Gasteiger partial charge in [-0.05, 0) is 170 Å². The van der Waals surface area contributed by atoms with Crippen LogP contribution in [0.25, 0.3) is 0 Å². The Labute approximate surface area is 323 Å². The summed E-state index contributed by atoms with van der Waals surface area (Å²) in [5, 5.41) is 0. The van der Waals surface area contributed by atoms with Crippen molar-refractivity contribution < 1.29 is 0 Å². The molecule has 0 amide bonds. The molecule has 4 spiro atoms. The number of aryl methyl sites for hydroxylation is 2. The van der Waals surface area contributed by atoms with E-state index in [1.165, 1.54) is 149 Å². The van der Waals surface area contributed by atoms with Gasteiger partial charge < -0.3 is 19.6 Å². The highest BCUT2D eigenvalue weighted by atomic mass is 15.1. The van der Waals surface area contributed by atoms with Gasteiger partial charge in [0, 0.05) is 42.4 Å². The molecule has 8 aliphatic rings. The Bertz CT molecular complexity index is 1680. The fraction of sp³-hybridized carbons (Fsp3) is 0.633. The number of hydrogen-bond donors (Lipinski definition) is 0. The van der Waals surface area contributed by atoms with E-state index < -0.39 is 0 Å². The van der Waals surface area contributed by atoms with Crippen molar-refractivity contribution in [2.24, 2.45) is 5.41 Å². The van der Waals surface area contributed by atoms with E-state index in [1.54, 1.807) is 33.4 Å². The Morgan fingerprint density at radius 3 is 1.36 bits per heavy atom. The molecular weight excluding hydrogens is 645 g/mol. The second-order valence-electron chi connectivity index (χ2n) is 19.4. The molecule has 1 saturated carbocycles. The predicted octanol–water partition coefficient (Wildman–Crippen LogP) is 8.89. The van der Waals surface area contributed by atoms with Gasteiger partial charge in [-0.15, -0.1) is 0 Å². The molecule has 0 radical (unpaired) electrons. The minimum Gasteiger partial charge on any atom is -0.306 e. The van der Waals surface area contributed by atoms with E-state index in [1.807, 2.05) is 0 Å².